The van der Waals surface area contributed by atoms with E-state index >= 15 is 0 Å². The van der Waals surface area contributed by atoms with Crippen molar-refractivity contribution in [2.24, 2.45) is 0 Å². The quantitative estimate of drug-likeness (QED) is 0.0549. The Labute approximate surface area is 349 Å². The Kier molecular flexibility index (Phi) is 18.8. The van der Waals surface area contributed by atoms with Gasteiger partial charge in [-0.05, 0) is 84.3 Å². The van der Waals surface area contributed by atoms with E-state index in [1.807, 2.05) is 46.1 Å². The average molecular weight is 955 g/mol. The third kappa shape index (κ3) is 16.1. The molecular formula is C37H35F9O13S3. The van der Waals surface area contributed by atoms with Gasteiger partial charge in [0.25, 0.3) is 0 Å². The van der Waals surface area contributed by atoms with E-state index in [9.17, 15) is 79.5 Å². The van der Waals surface area contributed by atoms with Crippen LogP contribution in [0.15, 0.2) is 97.1 Å². The fourth-order valence-corrected chi connectivity index (χ4v) is 6.62. The summed E-state index contributed by atoms with van der Waals surface area (Å²) in [5.41, 5.74) is -13.6. The first-order valence-corrected chi connectivity index (χ1v) is 21.5. The number of halogens is 9. The van der Waals surface area contributed by atoms with Crippen LogP contribution in [0.1, 0.15) is 37.8 Å². The molecule has 0 radical (unpaired) electrons. The van der Waals surface area contributed by atoms with Gasteiger partial charge in [-0.25, -0.2) is 0 Å². The lowest BCUT2D eigenvalue weighted by atomic mass is 10.00. The molecular weight excluding hydrogens is 920 g/mol. The van der Waals surface area contributed by atoms with Crippen molar-refractivity contribution in [2.45, 2.75) is 56.1 Å². The molecule has 25 heteroatoms. The van der Waals surface area contributed by atoms with Gasteiger partial charge >= 0.3 is 58.8 Å². The number of hydrogen-bond donors (Lipinski definition) is 1. The summed E-state index contributed by atoms with van der Waals surface area (Å²) in [6.45, 7) is 3.95. The minimum Gasteiger partial charge on any atom is -0.508 e. The first kappa shape index (κ1) is 52.7. The van der Waals surface area contributed by atoms with Gasteiger partial charge in [-0.3, -0.25) is 9.59 Å². The van der Waals surface area contributed by atoms with Crippen molar-refractivity contribution >= 4 is 42.3 Å². The fraction of sp³-hybridized carbons (Fsp3) is 0.297. The number of carbonyl (C=O) groups excluding carboxylic acids is 2. The average Bonchev–Trinajstić information content (AvgIpc) is 3.17. The number of carbonyl (C=O) groups is 2. The van der Waals surface area contributed by atoms with Crippen LogP contribution in [0.25, 0.3) is 22.3 Å². The van der Waals surface area contributed by atoms with Gasteiger partial charge in [-0.1, -0.05) is 72.8 Å². The molecule has 0 aliphatic heterocycles. The van der Waals surface area contributed by atoms with E-state index in [1.54, 1.807) is 50.2 Å². The maximum Gasteiger partial charge on any atom is 0.534 e. The van der Waals surface area contributed by atoms with Crippen LogP contribution in [0.5, 0.6) is 11.5 Å². The summed E-state index contributed by atoms with van der Waals surface area (Å²) in [5.74, 6) is -1.05. The summed E-state index contributed by atoms with van der Waals surface area (Å²) in [4.78, 5) is 22.9. The van der Waals surface area contributed by atoms with Crippen molar-refractivity contribution in [1.29, 1.82) is 0 Å². The van der Waals surface area contributed by atoms with E-state index < -0.39 is 58.6 Å². The van der Waals surface area contributed by atoms with Gasteiger partial charge < -0.3 is 18.8 Å². The lowest BCUT2D eigenvalue weighted by Crippen LogP contribution is -2.34. The third-order valence-corrected chi connectivity index (χ3v) is 10.9. The van der Waals surface area contributed by atoms with E-state index in [1.165, 1.54) is 12.1 Å². The van der Waals surface area contributed by atoms with Crippen LogP contribution in [0.2, 0.25) is 0 Å². The zero-order chi connectivity index (χ0) is 47.2. The van der Waals surface area contributed by atoms with Crippen LogP contribution in [-0.2, 0) is 65.9 Å². The van der Waals surface area contributed by atoms with Crippen molar-refractivity contribution in [3.05, 3.63) is 108 Å². The first-order valence-electron chi connectivity index (χ1n) is 17.3. The van der Waals surface area contributed by atoms with Crippen molar-refractivity contribution in [3.8, 4) is 33.8 Å². The summed E-state index contributed by atoms with van der Waals surface area (Å²) < 4.78 is 185. The molecule has 0 amide bonds. The molecule has 0 fully saturated rings. The molecule has 0 spiro atoms. The maximum absolute atomic E-state index is 12.6. The molecule has 4 aromatic rings. The smallest absolute Gasteiger partial charge is 0.508 e. The largest absolute Gasteiger partial charge is 0.534 e. The SMILES string of the molecule is CCOC(=O)CCc1cc(-c2ccccc2)ccc1O.CCOC(=O)CCc1cc(-c2ccccc2)ccc1OS(=O)(=O)C(F)(F)F.O=S(=O)(OS(=O)(=O)C(F)(F)F)C(F)(F)F. The summed E-state index contributed by atoms with van der Waals surface area (Å²) >= 11 is 0. The second-order valence-electron chi connectivity index (χ2n) is 11.9. The maximum atomic E-state index is 12.6. The molecule has 0 atom stereocenters. The van der Waals surface area contributed by atoms with E-state index in [-0.39, 0.29) is 43.2 Å². The van der Waals surface area contributed by atoms with Gasteiger partial charge in [-0.15, -0.1) is 3.63 Å². The molecule has 0 aromatic heterocycles. The van der Waals surface area contributed by atoms with Crippen LogP contribution in [0, 0.1) is 0 Å². The van der Waals surface area contributed by atoms with Gasteiger partial charge in [0, 0.05) is 12.8 Å². The third-order valence-electron chi connectivity index (χ3n) is 7.39. The van der Waals surface area contributed by atoms with Gasteiger partial charge in [-0.2, -0.15) is 64.8 Å². The lowest BCUT2D eigenvalue weighted by Gasteiger charge is -2.14. The minimum absolute atomic E-state index is 0.0395. The number of alkyl halides is 9. The van der Waals surface area contributed by atoms with Crippen molar-refractivity contribution < 1.29 is 96.7 Å². The van der Waals surface area contributed by atoms with Crippen molar-refractivity contribution in [3.63, 3.8) is 0 Å². The summed E-state index contributed by atoms with van der Waals surface area (Å²) in [6, 6.07) is 28.4. The highest BCUT2D eigenvalue weighted by Crippen LogP contribution is 2.34. The molecule has 1 N–H and O–H groups in total. The Morgan fingerprint density at radius 3 is 1.27 bits per heavy atom. The Morgan fingerprint density at radius 1 is 0.516 bits per heavy atom. The van der Waals surface area contributed by atoms with E-state index in [0.717, 1.165) is 28.3 Å². The van der Waals surface area contributed by atoms with E-state index in [2.05, 4.69) is 4.18 Å². The number of phenols is 1. The molecule has 0 saturated carbocycles. The molecule has 13 nitrogen and oxygen atoms in total. The number of esters is 2. The molecule has 0 saturated heterocycles. The number of benzene rings is 4. The molecule has 0 aliphatic rings. The van der Waals surface area contributed by atoms with E-state index in [0.29, 0.717) is 18.6 Å². The normalized spacial score (nSPS) is 12.2. The summed E-state index contributed by atoms with van der Waals surface area (Å²) in [6.07, 6.45) is 0.585. The predicted octanol–water partition coefficient (Wildman–Crippen LogP) is 8.33. The van der Waals surface area contributed by atoms with Crippen LogP contribution >= 0.6 is 0 Å². The van der Waals surface area contributed by atoms with Crippen molar-refractivity contribution in [1.82, 2.24) is 0 Å². The van der Waals surface area contributed by atoms with E-state index in [4.69, 9.17) is 9.47 Å². The second kappa shape index (κ2) is 22.1. The highest BCUT2D eigenvalue weighted by molar-refractivity contribution is 8.00. The molecule has 0 unspecified atom stereocenters. The number of ether oxygens (including phenoxy) is 2. The number of phenolic OH excluding ortho intramolecular Hbond substituents is 1. The summed E-state index contributed by atoms with van der Waals surface area (Å²) in [7, 11) is -19.5. The molecule has 0 aliphatic carbocycles. The van der Waals surface area contributed by atoms with Crippen LogP contribution < -0.4 is 4.18 Å². The topological polar surface area (TPSA) is 194 Å². The number of aromatic hydroxyl groups is 1. The molecule has 4 rings (SSSR count). The zero-order valence-electron chi connectivity index (χ0n) is 32.0. The number of aryl methyl sites for hydroxylation is 2. The minimum atomic E-state index is -6.85. The van der Waals surface area contributed by atoms with Gasteiger partial charge in [0.15, 0.2) is 0 Å². The molecule has 62 heavy (non-hydrogen) atoms. The van der Waals surface area contributed by atoms with Crippen LogP contribution in [-0.4, -0.2) is 72.0 Å². The fourth-order valence-electron chi connectivity index (χ4n) is 4.56. The highest BCUT2D eigenvalue weighted by Gasteiger charge is 2.57. The lowest BCUT2D eigenvalue weighted by molar-refractivity contribution is -0.144. The molecule has 342 valence electrons. The molecule has 0 bridgehead atoms. The molecule has 4 aromatic carbocycles. The Bertz CT molecular complexity index is 2400. The van der Waals surface area contributed by atoms with Crippen molar-refractivity contribution in [2.75, 3.05) is 13.2 Å². The van der Waals surface area contributed by atoms with Crippen LogP contribution in [0.3, 0.4) is 0 Å². The zero-order valence-corrected chi connectivity index (χ0v) is 34.4. The predicted molar refractivity (Wildman–Crippen MR) is 202 cm³/mol. The standard InChI is InChI=1S/C18H17F3O5S.C17H18O3.C2F6O5S2/c1-2-25-17(22)11-9-15-12-14(13-6-4-3-5-7-13)8-10-16(15)26-27(23,24)18(19,20)21;1-2-20-17(19)11-9-15-12-14(8-10-16(15)18)13-6-4-3-5-7-13;3-1(4,5)14(9,10)13-15(11,12)2(6,7)8/h3-8,10,12H,2,9,11H2,1H3;3-8,10,12,18H,2,9,11H2,1H3;. The Morgan fingerprint density at radius 2 is 0.887 bits per heavy atom. The first-order chi connectivity index (χ1) is 28.5. The highest BCUT2D eigenvalue weighted by atomic mass is 32.3. The Balaban J connectivity index is 0.000000336. The number of hydrogen-bond acceptors (Lipinski definition) is 13. The summed E-state index contributed by atoms with van der Waals surface area (Å²) in [5, 5.41) is 9.87. The van der Waals surface area contributed by atoms with Crippen LogP contribution in [0.4, 0.5) is 39.5 Å². The van der Waals surface area contributed by atoms with Gasteiger partial charge in [0.2, 0.25) is 0 Å². The monoisotopic (exact) mass is 954 g/mol. The second-order valence-corrected chi connectivity index (χ2v) is 16.7. The molecule has 0 heterocycles. The number of rotatable bonds is 14. The Hall–Kier alpha value is -5.40. The van der Waals surface area contributed by atoms with Gasteiger partial charge in [0.05, 0.1) is 13.2 Å². The van der Waals surface area contributed by atoms with Gasteiger partial charge in [0.1, 0.15) is 11.5 Å².